The van der Waals surface area contributed by atoms with Gasteiger partial charge in [-0.1, -0.05) is 25.3 Å². The minimum atomic E-state index is -0.168. The Morgan fingerprint density at radius 2 is 2.00 bits per heavy atom. The zero-order chi connectivity index (χ0) is 10.4. The van der Waals surface area contributed by atoms with E-state index in [0.717, 1.165) is 0 Å². The molecule has 1 rings (SSSR count). The minimum Gasteiger partial charge on any atom is -0.458 e. The van der Waals surface area contributed by atoms with Crippen LogP contribution in [0.1, 0.15) is 46.0 Å². The molecule has 0 aromatic carbocycles. The lowest BCUT2D eigenvalue weighted by atomic mass is 9.85. The number of allylic oxidation sites excluding steroid dienone is 1. The summed E-state index contributed by atoms with van der Waals surface area (Å²) in [6, 6.07) is 0. The summed E-state index contributed by atoms with van der Waals surface area (Å²) in [4.78, 5) is 10.9. The number of hydrogen-bond acceptors (Lipinski definition) is 2. The Hall–Kier alpha value is -0.790. The highest BCUT2D eigenvalue weighted by atomic mass is 16.5. The molecule has 14 heavy (non-hydrogen) atoms. The Morgan fingerprint density at radius 1 is 1.36 bits per heavy atom. The Balaban J connectivity index is 2.51. The van der Waals surface area contributed by atoms with Gasteiger partial charge in [0.1, 0.15) is 6.10 Å². The molecule has 1 aliphatic rings. The number of esters is 1. The first-order valence-electron chi connectivity index (χ1n) is 5.54. The third-order valence-electron chi connectivity index (χ3n) is 2.80. The van der Waals surface area contributed by atoms with Gasteiger partial charge in [0.05, 0.1) is 0 Å². The van der Waals surface area contributed by atoms with E-state index in [4.69, 9.17) is 4.74 Å². The van der Waals surface area contributed by atoms with Crippen molar-refractivity contribution in [3.63, 3.8) is 0 Å². The van der Waals surface area contributed by atoms with E-state index in [9.17, 15) is 4.79 Å². The summed E-state index contributed by atoms with van der Waals surface area (Å²) in [5, 5.41) is 0. The third kappa shape index (κ3) is 3.52. The summed E-state index contributed by atoms with van der Waals surface area (Å²) in [5.74, 6) is 0.377. The summed E-state index contributed by atoms with van der Waals surface area (Å²) in [5.41, 5.74) is 0. The fraction of sp³-hybridized carbons (Fsp3) is 0.750. The van der Waals surface area contributed by atoms with E-state index in [1.54, 1.807) is 0 Å². The topological polar surface area (TPSA) is 26.3 Å². The van der Waals surface area contributed by atoms with Gasteiger partial charge in [-0.2, -0.15) is 0 Å². The molecule has 0 aromatic heterocycles. The van der Waals surface area contributed by atoms with E-state index in [0.29, 0.717) is 5.92 Å². The maximum absolute atomic E-state index is 10.9. The van der Waals surface area contributed by atoms with Crippen LogP contribution in [0.3, 0.4) is 0 Å². The minimum absolute atomic E-state index is 0.0119. The van der Waals surface area contributed by atoms with Crippen LogP contribution >= 0.6 is 0 Å². The second-order valence-electron chi connectivity index (χ2n) is 4.00. The molecule has 0 spiro atoms. The van der Waals surface area contributed by atoms with Crippen molar-refractivity contribution in [3.05, 3.63) is 12.2 Å². The molecule has 0 aromatic rings. The lowest BCUT2D eigenvalue weighted by molar-refractivity contribution is -0.146. The lowest BCUT2D eigenvalue weighted by Crippen LogP contribution is -2.26. The van der Waals surface area contributed by atoms with Gasteiger partial charge in [-0.15, -0.1) is 0 Å². The SMILES string of the molecule is C/C=C/[C@H](OC(C)=O)C1CCCCC1. The number of carbonyl (C=O) groups is 1. The van der Waals surface area contributed by atoms with Crippen LogP contribution in [0.25, 0.3) is 0 Å². The van der Waals surface area contributed by atoms with E-state index in [1.165, 1.54) is 39.0 Å². The molecular weight excluding hydrogens is 176 g/mol. The molecule has 0 aliphatic heterocycles. The zero-order valence-corrected chi connectivity index (χ0v) is 9.16. The van der Waals surface area contributed by atoms with Gasteiger partial charge in [0.2, 0.25) is 0 Å². The van der Waals surface area contributed by atoms with E-state index >= 15 is 0 Å². The highest BCUT2D eigenvalue weighted by Gasteiger charge is 2.23. The summed E-state index contributed by atoms with van der Waals surface area (Å²) < 4.78 is 5.30. The van der Waals surface area contributed by atoms with Crippen molar-refractivity contribution in [2.45, 2.75) is 52.1 Å². The van der Waals surface area contributed by atoms with Gasteiger partial charge in [0.25, 0.3) is 0 Å². The van der Waals surface area contributed by atoms with Gasteiger partial charge in [0, 0.05) is 6.92 Å². The average Bonchev–Trinajstić information content (AvgIpc) is 2.18. The number of carbonyl (C=O) groups excluding carboxylic acids is 1. The fourth-order valence-corrected chi connectivity index (χ4v) is 2.14. The Kier molecular flexibility index (Phi) is 4.71. The molecule has 0 amide bonds. The third-order valence-corrected chi connectivity index (χ3v) is 2.80. The van der Waals surface area contributed by atoms with Gasteiger partial charge in [-0.05, 0) is 31.8 Å². The molecular formula is C12H20O2. The molecule has 0 bridgehead atoms. The molecule has 80 valence electrons. The van der Waals surface area contributed by atoms with Crippen LogP contribution < -0.4 is 0 Å². The molecule has 0 N–H and O–H groups in total. The van der Waals surface area contributed by atoms with Crippen LogP contribution in [-0.4, -0.2) is 12.1 Å². The normalized spacial score (nSPS) is 21.0. The van der Waals surface area contributed by atoms with E-state index in [-0.39, 0.29) is 12.1 Å². The molecule has 1 atom stereocenters. The van der Waals surface area contributed by atoms with Crippen LogP contribution in [0.2, 0.25) is 0 Å². The van der Waals surface area contributed by atoms with Crippen LogP contribution in [0.15, 0.2) is 12.2 Å². The molecule has 1 saturated carbocycles. The number of ether oxygens (including phenoxy) is 1. The highest BCUT2D eigenvalue weighted by molar-refractivity contribution is 5.66. The number of rotatable bonds is 3. The van der Waals surface area contributed by atoms with Gasteiger partial charge in [-0.3, -0.25) is 4.79 Å². The summed E-state index contributed by atoms with van der Waals surface area (Å²) in [6.07, 6.45) is 10.3. The predicted molar refractivity (Wildman–Crippen MR) is 56.9 cm³/mol. The molecule has 2 heteroatoms. The van der Waals surface area contributed by atoms with Crippen LogP contribution in [0, 0.1) is 5.92 Å². The number of hydrogen-bond donors (Lipinski definition) is 0. The smallest absolute Gasteiger partial charge is 0.303 e. The van der Waals surface area contributed by atoms with E-state index in [2.05, 4.69) is 0 Å². The second-order valence-corrected chi connectivity index (χ2v) is 4.00. The van der Waals surface area contributed by atoms with Crippen molar-refractivity contribution in [2.75, 3.05) is 0 Å². The van der Waals surface area contributed by atoms with Crippen molar-refractivity contribution in [1.29, 1.82) is 0 Å². The first-order chi connectivity index (χ1) is 6.74. The van der Waals surface area contributed by atoms with Gasteiger partial charge in [-0.25, -0.2) is 0 Å². The molecule has 1 aliphatic carbocycles. The zero-order valence-electron chi connectivity index (χ0n) is 9.16. The highest BCUT2D eigenvalue weighted by Crippen LogP contribution is 2.28. The summed E-state index contributed by atoms with van der Waals surface area (Å²) in [6.45, 7) is 3.46. The molecule has 1 fully saturated rings. The average molecular weight is 196 g/mol. The standard InChI is InChI=1S/C12H20O2/c1-3-7-12(14-10(2)13)11-8-5-4-6-9-11/h3,7,11-12H,4-6,8-9H2,1-2H3/b7-3+/t12-/m0/s1. The van der Waals surface area contributed by atoms with Crippen LogP contribution in [0.4, 0.5) is 0 Å². The molecule has 0 heterocycles. The molecule has 2 nitrogen and oxygen atoms in total. The molecule has 0 radical (unpaired) electrons. The van der Waals surface area contributed by atoms with E-state index < -0.39 is 0 Å². The quantitative estimate of drug-likeness (QED) is 0.512. The Bertz CT molecular complexity index is 202. The lowest BCUT2D eigenvalue weighted by Gasteiger charge is -2.27. The Labute approximate surface area is 86.3 Å². The van der Waals surface area contributed by atoms with Crippen molar-refractivity contribution in [3.8, 4) is 0 Å². The predicted octanol–water partition coefficient (Wildman–Crippen LogP) is 3.07. The largest absolute Gasteiger partial charge is 0.458 e. The summed E-state index contributed by atoms with van der Waals surface area (Å²) >= 11 is 0. The van der Waals surface area contributed by atoms with Crippen LogP contribution in [-0.2, 0) is 9.53 Å². The maximum Gasteiger partial charge on any atom is 0.303 e. The van der Waals surface area contributed by atoms with Crippen molar-refractivity contribution >= 4 is 5.97 Å². The molecule has 0 saturated heterocycles. The molecule has 0 unspecified atom stereocenters. The fourth-order valence-electron chi connectivity index (χ4n) is 2.14. The van der Waals surface area contributed by atoms with Crippen molar-refractivity contribution < 1.29 is 9.53 Å². The van der Waals surface area contributed by atoms with Crippen molar-refractivity contribution in [2.24, 2.45) is 5.92 Å². The van der Waals surface area contributed by atoms with Gasteiger partial charge in [0.15, 0.2) is 0 Å². The first kappa shape index (κ1) is 11.3. The van der Waals surface area contributed by atoms with E-state index in [1.807, 2.05) is 19.1 Å². The summed E-state index contributed by atoms with van der Waals surface area (Å²) in [7, 11) is 0. The Morgan fingerprint density at radius 3 is 2.50 bits per heavy atom. The van der Waals surface area contributed by atoms with Gasteiger partial charge < -0.3 is 4.74 Å². The maximum atomic E-state index is 10.9. The van der Waals surface area contributed by atoms with Crippen molar-refractivity contribution in [1.82, 2.24) is 0 Å². The van der Waals surface area contributed by atoms with Crippen LogP contribution in [0.5, 0.6) is 0 Å². The first-order valence-corrected chi connectivity index (χ1v) is 5.54. The monoisotopic (exact) mass is 196 g/mol. The van der Waals surface area contributed by atoms with Gasteiger partial charge >= 0.3 is 5.97 Å². The second kappa shape index (κ2) is 5.84.